The smallest absolute Gasteiger partial charge is 0.256 e. The van der Waals surface area contributed by atoms with Crippen molar-refractivity contribution in [2.75, 3.05) is 18.4 Å². The van der Waals surface area contributed by atoms with Gasteiger partial charge in [-0.3, -0.25) is 4.79 Å². The summed E-state index contributed by atoms with van der Waals surface area (Å²) in [4.78, 5) is 13.2. The standard InChI is InChI=1S/C23H24N4O5S2/c1-16-6-2-3-7-21(16)27-22(19-14-33(29,30)15-20(19)25-27)24-23(28)17-8-10-18(11-9-17)34(31,32)26-12-4-5-13-26/h2-3,6-11H,4-5,12-15H2,1H3,(H,24,28). The molecule has 3 heterocycles. The molecule has 2 aliphatic heterocycles. The summed E-state index contributed by atoms with van der Waals surface area (Å²) in [7, 11) is -6.90. The first-order chi connectivity index (χ1) is 16.2. The average Bonchev–Trinajstić information content (AvgIpc) is 3.51. The normalized spacial score (nSPS) is 17.6. The van der Waals surface area contributed by atoms with Crippen LogP contribution < -0.4 is 5.32 Å². The molecular formula is C23H24N4O5S2. The third-order valence-electron chi connectivity index (χ3n) is 6.18. The molecule has 9 nitrogen and oxygen atoms in total. The summed E-state index contributed by atoms with van der Waals surface area (Å²) in [5.41, 5.74) is 2.80. The number of sulfonamides is 1. The predicted molar refractivity (Wildman–Crippen MR) is 127 cm³/mol. The Morgan fingerprint density at radius 1 is 1.00 bits per heavy atom. The van der Waals surface area contributed by atoms with Gasteiger partial charge >= 0.3 is 0 Å². The average molecular weight is 501 g/mol. The van der Waals surface area contributed by atoms with E-state index in [9.17, 15) is 21.6 Å². The molecular weight excluding hydrogens is 476 g/mol. The Labute approximate surface area is 198 Å². The molecule has 5 rings (SSSR count). The van der Waals surface area contributed by atoms with Crippen LogP contribution in [0.4, 0.5) is 5.82 Å². The molecule has 0 saturated carbocycles. The molecule has 34 heavy (non-hydrogen) atoms. The molecule has 2 aliphatic rings. The van der Waals surface area contributed by atoms with Gasteiger partial charge in [-0.25, -0.2) is 21.5 Å². The highest BCUT2D eigenvalue weighted by Crippen LogP contribution is 2.34. The summed E-state index contributed by atoms with van der Waals surface area (Å²) >= 11 is 0. The largest absolute Gasteiger partial charge is 0.306 e. The number of amides is 1. The zero-order valence-corrected chi connectivity index (χ0v) is 20.2. The van der Waals surface area contributed by atoms with Crippen LogP contribution in [-0.4, -0.2) is 49.9 Å². The van der Waals surface area contributed by atoms with Gasteiger partial charge in [-0.2, -0.15) is 9.40 Å². The molecule has 2 aromatic carbocycles. The molecule has 0 unspecified atom stereocenters. The minimum atomic E-state index is -3.58. The van der Waals surface area contributed by atoms with Gasteiger partial charge in [-0.1, -0.05) is 18.2 Å². The zero-order valence-electron chi connectivity index (χ0n) is 18.6. The number of aryl methyl sites for hydroxylation is 1. The van der Waals surface area contributed by atoms with Crippen LogP contribution in [-0.2, 0) is 31.4 Å². The van der Waals surface area contributed by atoms with Crippen LogP contribution in [0.2, 0.25) is 0 Å². The maximum atomic E-state index is 13.1. The number of anilines is 1. The van der Waals surface area contributed by atoms with Gasteiger partial charge in [0.1, 0.15) is 5.82 Å². The molecule has 0 aliphatic carbocycles. The number of hydrogen-bond acceptors (Lipinski definition) is 6. The van der Waals surface area contributed by atoms with Crippen molar-refractivity contribution in [2.45, 2.75) is 36.2 Å². The van der Waals surface area contributed by atoms with Crippen LogP contribution in [0.3, 0.4) is 0 Å². The lowest BCUT2D eigenvalue weighted by Gasteiger charge is -2.16. The second-order valence-corrected chi connectivity index (χ2v) is 12.6. The molecule has 0 spiro atoms. The lowest BCUT2D eigenvalue weighted by atomic mass is 10.2. The third-order valence-corrected chi connectivity index (χ3v) is 9.54. The van der Waals surface area contributed by atoms with Crippen molar-refractivity contribution in [3.8, 4) is 5.69 Å². The van der Waals surface area contributed by atoms with Gasteiger partial charge < -0.3 is 5.32 Å². The van der Waals surface area contributed by atoms with E-state index in [1.807, 2.05) is 31.2 Å². The summed E-state index contributed by atoms with van der Waals surface area (Å²) in [6.07, 6.45) is 1.68. The Kier molecular flexibility index (Phi) is 5.58. The van der Waals surface area contributed by atoms with Crippen LogP contribution in [0.5, 0.6) is 0 Å². The van der Waals surface area contributed by atoms with Crippen molar-refractivity contribution in [1.29, 1.82) is 0 Å². The number of benzene rings is 2. The van der Waals surface area contributed by atoms with E-state index in [0.29, 0.717) is 30.2 Å². The number of nitrogens with zero attached hydrogens (tertiary/aromatic N) is 3. The number of aromatic nitrogens is 2. The number of carbonyl (C=O) groups is 1. The van der Waals surface area contributed by atoms with E-state index < -0.39 is 25.8 Å². The number of nitrogens with one attached hydrogen (secondary N) is 1. The van der Waals surface area contributed by atoms with Crippen LogP contribution in [0.25, 0.3) is 5.69 Å². The fraction of sp³-hybridized carbons (Fsp3) is 0.304. The highest BCUT2D eigenvalue weighted by atomic mass is 32.2. The molecule has 1 fully saturated rings. The predicted octanol–water partition coefficient (Wildman–Crippen LogP) is 2.65. The molecule has 1 N–H and O–H groups in total. The highest BCUT2D eigenvalue weighted by molar-refractivity contribution is 7.90. The Balaban J connectivity index is 1.46. The summed E-state index contributed by atoms with van der Waals surface area (Å²) in [5, 5.41) is 7.31. The van der Waals surface area contributed by atoms with Gasteiger partial charge in [0, 0.05) is 24.2 Å². The van der Waals surface area contributed by atoms with E-state index in [0.717, 1.165) is 24.1 Å². The van der Waals surface area contributed by atoms with Crippen molar-refractivity contribution >= 4 is 31.6 Å². The van der Waals surface area contributed by atoms with Crippen LogP contribution in [0.1, 0.15) is 40.0 Å². The number of sulfone groups is 1. The molecule has 1 saturated heterocycles. The van der Waals surface area contributed by atoms with E-state index >= 15 is 0 Å². The number of para-hydroxylation sites is 1. The van der Waals surface area contributed by atoms with E-state index in [1.54, 1.807) is 4.68 Å². The number of fused-ring (bicyclic) bond motifs is 1. The topological polar surface area (TPSA) is 118 Å². The summed E-state index contributed by atoms with van der Waals surface area (Å²) in [6, 6.07) is 13.3. The van der Waals surface area contributed by atoms with E-state index in [1.165, 1.54) is 28.6 Å². The molecule has 1 aromatic heterocycles. The quantitative estimate of drug-likeness (QED) is 0.575. The van der Waals surface area contributed by atoms with Gasteiger partial charge in [0.15, 0.2) is 9.84 Å². The maximum Gasteiger partial charge on any atom is 0.256 e. The molecule has 1 amide bonds. The molecule has 0 bridgehead atoms. The second kappa shape index (κ2) is 8.33. The third kappa shape index (κ3) is 4.04. The molecule has 3 aromatic rings. The van der Waals surface area contributed by atoms with Crippen molar-refractivity contribution < 1.29 is 21.6 Å². The van der Waals surface area contributed by atoms with Crippen LogP contribution in [0, 0.1) is 6.92 Å². The van der Waals surface area contributed by atoms with Gasteiger partial charge in [-0.15, -0.1) is 0 Å². The lowest BCUT2D eigenvalue weighted by Crippen LogP contribution is -2.27. The van der Waals surface area contributed by atoms with Gasteiger partial charge in [0.25, 0.3) is 5.91 Å². The van der Waals surface area contributed by atoms with Gasteiger partial charge in [0.05, 0.1) is 27.8 Å². The van der Waals surface area contributed by atoms with E-state index in [-0.39, 0.29) is 22.0 Å². The lowest BCUT2D eigenvalue weighted by molar-refractivity contribution is 0.102. The molecule has 11 heteroatoms. The Morgan fingerprint density at radius 2 is 1.68 bits per heavy atom. The number of rotatable bonds is 5. The van der Waals surface area contributed by atoms with E-state index in [2.05, 4.69) is 10.4 Å². The monoisotopic (exact) mass is 500 g/mol. The highest BCUT2D eigenvalue weighted by Gasteiger charge is 2.33. The van der Waals surface area contributed by atoms with Crippen LogP contribution >= 0.6 is 0 Å². The summed E-state index contributed by atoms with van der Waals surface area (Å²) < 4.78 is 52.9. The second-order valence-electron chi connectivity index (χ2n) is 8.59. The van der Waals surface area contributed by atoms with Crippen molar-refractivity contribution in [2.24, 2.45) is 0 Å². The van der Waals surface area contributed by atoms with Crippen molar-refractivity contribution in [3.05, 3.63) is 70.9 Å². The van der Waals surface area contributed by atoms with Crippen LogP contribution in [0.15, 0.2) is 53.4 Å². The van der Waals surface area contributed by atoms with Gasteiger partial charge in [0.2, 0.25) is 10.0 Å². The van der Waals surface area contributed by atoms with Crippen molar-refractivity contribution in [3.63, 3.8) is 0 Å². The number of hydrogen-bond donors (Lipinski definition) is 1. The molecule has 0 radical (unpaired) electrons. The first kappa shape index (κ1) is 22.8. The van der Waals surface area contributed by atoms with Crippen molar-refractivity contribution in [1.82, 2.24) is 14.1 Å². The molecule has 178 valence electrons. The first-order valence-corrected chi connectivity index (χ1v) is 14.2. The first-order valence-electron chi connectivity index (χ1n) is 10.9. The Bertz CT molecular complexity index is 1490. The minimum absolute atomic E-state index is 0.142. The van der Waals surface area contributed by atoms with E-state index in [4.69, 9.17) is 0 Å². The number of carbonyl (C=O) groups excluding carboxylic acids is 1. The minimum Gasteiger partial charge on any atom is -0.306 e. The molecule has 0 atom stereocenters. The Hall–Kier alpha value is -3.02. The Morgan fingerprint density at radius 3 is 2.35 bits per heavy atom. The summed E-state index contributed by atoms with van der Waals surface area (Å²) in [5.74, 6) is -0.541. The zero-order chi connectivity index (χ0) is 24.1. The van der Waals surface area contributed by atoms with Gasteiger partial charge in [-0.05, 0) is 55.7 Å². The SMILES string of the molecule is Cc1ccccc1-n1nc2c(c1NC(=O)c1ccc(S(=O)(=O)N3CCCC3)cc1)CS(=O)(=O)C2. The fourth-order valence-corrected chi connectivity index (χ4v) is 7.39. The summed E-state index contributed by atoms with van der Waals surface area (Å²) in [6.45, 7) is 2.91. The maximum absolute atomic E-state index is 13.1. The fourth-order valence-electron chi connectivity index (χ4n) is 4.38.